The first kappa shape index (κ1) is 45.9. The van der Waals surface area contributed by atoms with Crippen molar-refractivity contribution in [2.75, 3.05) is 19.8 Å². The predicted octanol–water partition coefficient (Wildman–Crippen LogP) is 11.8. The first-order valence-electron chi connectivity index (χ1n) is 12.8. The van der Waals surface area contributed by atoms with Gasteiger partial charge in [-0.1, -0.05) is 117 Å². The molecule has 0 saturated heterocycles. The monoisotopic (exact) mass is 700 g/mol. The molecule has 0 spiro atoms. The molecule has 42 heavy (non-hydrogen) atoms. The van der Waals surface area contributed by atoms with E-state index in [1.165, 1.54) is 0 Å². The van der Waals surface area contributed by atoms with Crippen LogP contribution in [0.5, 0.6) is 0 Å². The smallest absolute Gasteiger partial charge is 0.192 e. The molecule has 0 saturated carbocycles. The fourth-order valence-corrected chi connectivity index (χ4v) is 5.19. The lowest BCUT2D eigenvalue weighted by molar-refractivity contribution is 0.194. The molecule has 1 N–H and O–H groups in total. The predicted molar refractivity (Wildman–Crippen MR) is 194 cm³/mol. The van der Waals surface area contributed by atoms with Crippen molar-refractivity contribution in [1.29, 1.82) is 0 Å². The molecule has 0 aromatic carbocycles. The SMILES string of the molecule is C.C.C.C=C(CO[Si](C)(C)C(C)(C)C)c1cnc(Cl)c(Cl)c1.CC(C)(C)[Si](C)(C)OCC(CO)c1cnc(Cl)c(Cl)c1. The Labute approximate surface area is 279 Å². The van der Waals surface area contributed by atoms with Gasteiger partial charge >= 0.3 is 0 Å². The molecule has 2 rings (SSSR count). The Balaban J connectivity index is -0.000000677. The number of halogens is 4. The van der Waals surface area contributed by atoms with Gasteiger partial charge in [0.25, 0.3) is 0 Å². The molecule has 5 nitrogen and oxygen atoms in total. The van der Waals surface area contributed by atoms with E-state index in [9.17, 15) is 5.11 Å². The summed E-state index contributed by atoms with van der Waals surface area (Å²) in [5.74, 6) is -0.133. The van der Waals surface area contributed by atoms with E-state index in [0.29, 0.717) is 28.4 Å². The summed E-state index contributed by atoms with van der Waals surface area (Å²) in [6.45, 7) is 27.0. The molecule has 11 heteroatoms. The lowest BCUT2D eigenvalue weighted by Gasteiger charge is -2.37. The highest BCUT2D eigenvalue weighted by Crippen LogP contribution is 2.38. The van der Waals surface area contributed by atoms with Crippen LogP contribution in [0.15, 0.2) is 31.1 Å². The minimum absolute atomic E-state index is 0. The van der Waals surface area contributed by atoms with Gasteiger partial charge in [0, 0.05) is 24.9 Å². The van der Waals surface area contributed by atoms with Crippen LogP contribution in [-0.2, 0) is 8.85 Å². The van der Waals surface area contributed by atoms with Gasteiger partial charge in [-0.25, -0.2) is 9.97 Å². The lowest BCUT2D eigenvalue weighted by atomic mass is 10.0. The lowest BCUT2D eigenvalue weighted by Crippen LogP contribution is -2.42. The van der Waals surface area contributed by atoms with Crippen molar-refractivity contribution in [2.24, 2.45) is 0 Å². The molecule has 0 aliphatic carbocycles. The van der Waals surface area contributed by atoms with Gasteiger partial charge < -0.3 is 14.0 Å². The Morgan fingerprint density at radius 2 is 1.24 bits per heavy atom. The van der Waals surface area contributed by atoms with Gasteiger partial charge in [-0.3, -0.25) is 0 Å². The van der Waals surface area contributed by atoms with Crippen LogP contribution in [0, 0.1) is 0 Å². The highest BCUT2D eigenvalue weighted by Gasteiger charge is 2.38. The minimum Gasteiger partial charge on any atom is -0.416 e. The van der Waals surface area contributed by atoms with Crippen LogP contribution in [0.4, 0.5) is 0 Å². The number of aromatic nitrogens is 2. The second-order valence-corrected chi connectivity index (χ2v) is 23.8. The maximum atomic E-state index is 9.57. The standard InChI is InChI=1S/C14H23Cl2NO2Si.C14H21Cl2NOSi.3CH4/c1-14(2,3)20(4,5)19-9-11(8-18)10-6-12(15)13(16)17-7-10;1-10(9-18-19(5,6)14(2,3)4)11-7-12(15)13(16)17-8-11;;;/h6-7,11,18H,8-9H2,1-5H3;7-8H,1,9H2,2-6H3;3*1H4. The molecule has 0 fully saturated rings. The van der Waals surface area contributed by atoms with Crippen molar-refractivity contribution < 1.29 is 14.0 Å². The fourth-order valence-electron chi connectivity index (χ4n) is 2.62. The van der Waals surface area contributed by atoms with Gasteiger partial charge in [0.1, 0.15) is 10.3 Å². The third-order valence-electron chi connectivity index (χ3n) is 7.58. The molecule has 0 bridgehead atoms. The number of nitrogens with zero attached hydrogens (tertiary/aromatic N) is 2. The van der Waals surface area contributed by atoms with Crippen molar-refractivity contribution in [3.8, 4) is 0 Å². The third-order valence-corrected chi connectivity index (χ3v) is 17.9. The quantitative estimate of drug-likeness (QED) is 0.208. The molecule has 0 aliphatic rings. The number of aliphatic hydroxyl groups excluding tert-OH is 1. The molecule has 1 atom stereocenters. The largest absolute Gasteiger partial charge is 0.416 e. The maximum Gasteiger partial charge on any atom is 0.192 e. The molecule has 0 radical (unpaired) electrons. The zero-order chi connectivity index (χ0) is 30.4. The summed E-state index contributed by atoms with van der Waals surface area (Å²) in [5.41, 5.74) is 2.59. The molecule has 2 aromatic rings. The highest BCUT2D eigenvalue weighted by atomic mass is 35.5. The molecule has 0 aliphatic heterocycles. The average Bonchev–Trinajstić information content (AvgIpc) is 2.80. The number of hydrogen-bond acceptors (Lipinski definition) is 5. The third kappa shape index (κ3) is 13.7. The zero-order valence-electron chi connectivity index (χ0n) is 24.9. The van der Waals surface area contributed by atoms with Crippen LogP contribution in [0.2, 0.25) is 56.6 Å². The number of aliphatic hydroxyl groups is 1. The Bertz CT molecular complexity index is 1120. The van der Waals surface area contributed by atoms with E-state index in [1.54, 1.807) is 24.5 Å². The first-order chi connectivity index (χ1) is 17.6. The van der Waals surface area contributed by atoms with Crippen molar-refractivity contribution >= 4 is 68.6 Å². The highest BCUT2D eigenvalue weighted by molar-refractivity contribution is 6.74. The second kappa shape index (κ2) is 18.5. The number of rotatable bonds is 9. The normalized spacial score (nSPS) is 12.5. The molecule has 244 valence electrons. The van der Waals surface area contributed by atoms with Gasteiger partial charge in [0.2, 0.25) is 0 Å². The Hall–Kier alpha value is -0.486. The average molecular weight is 703 g/mol. The van der Waals surface area contributed by atoms with E-state index < -0.39 is 16.6 Å². The fraction of sp³-hybridized carbons (Fsp3) is 0.613. The van der Waals surface area contributed by atoms with Gasteiger partial charge in [-0.05, 0) is 65.1 Å². The summed E-state index contributed by atoms with van der Waals surface area (Å²) >= 11 is 23.5. The van der Waals surface area contributed by atoms with E-state index in [1.807, 2.05) is 0 Å². The Morgan fingerprint density at radius 3 is 1.64 bits per heavy atom. The molecule has 2 aromatic heterocycles. The van der Waals surface area contributed by atoms with E-state index >= 15 is 0 Å². The maximum absolute atomic E-state index is 9.57. The molecular weight excluding hydrogens is 646 g/mol. The Kier molecular flexibility index (Phi) is 20.2. The summed E-state index contributed by atoms with van der Waals surface area (Å²) in [7, 11) is -3.60. The Morgan fingerprint density at radius 1 is 0.810 bits per heavy atom. The first-order valence-corrected chi connectivity index (χ1v) is 20.1. The topological polar surface area (TPSA) is 64.5 Å². The van der Waals surface area contributed by atoms with Crippen LogP contribution in [0.1, 0.15) is 80.9 Å². The summed E-state index contributed by atoms with van der Waals surface area (Å²) in [4.78, 5) is 8.04. The molecule has 1 unspecified atom stereocenters. The van der Waals surface area contributed by atoms with Crippen molar-refractivity contribution in [1.82, 2.24) is 9.97 Å². The van der Waals surface area contributed by atoms with E-state index in [2.05, 4.69) is 84.3 Å². The summed E-state index contributed by atoms with van der Waals surface area (Å²) in [6.07, 6.45) is 3.32. The molecule has 0 amide bonds. The van der Waals surface area contributed by atoms with Crippen molar-refractivity contribution in [3.05, 3.63) is 62.6 Å². The van der Waals surface area contributed by atoms with Crippen LogP contribution >= 0.6 is 46.4 Å². The van der Waals surface area contributed by atoms with Crippen LogP contribution in [-0.4, -0.2) is 51.5 Å². The summed E-state index contributed by atoms with van der Waals surface area (Å²) in [5, 5.41) is 11.3. The van der Waals surface area contributed by atoms with Gasteiger partial charge in [0.15, 0.2) is 16.6 Å². The zero-order valence-corrected chi connectivity index (χ0v) is 29.9. The second-order valence-electron chi connectivity index (χ2n) is 12.6. The van der Waals surface area contributed by atoms with Gasteiger partial charge in [-0.15, -0.1) is 0 Å². The van der Waals surface area contributed by atoms with Crippen LogP contribution < -0.4 is 0 Å². The molecular formula is C31H56Cl4N2O3Si2. The minimum atomic E-state index is -1.83. The van der Waals surface area contributed by atoms with Crippen molar-refractivity contribution in [3.63, 3.8) is 0 Å². The van der Waals surface area contributed by atoms with E-state index in [4.69, 9.17) is 55.3 Å². The number of hydrogen-bond donors (Lipinski definition) is 1. The summed E-state index contributed by atoms with van der Waals surface area (Å²) < 4.78 is 12.3. The van der Waals surface area contributed by atoms with E-state index in [-0.39, 0.29) is 50.0 Å². The van der Waals surface area contributed by atoms with Crippen molar-refractivity contribution in [2.45, 2.75) is 106 Å². The van der Waals surface area contributed by atoms with Crippen LogP contribution in [0.25, 0.3) is 5.57 Å². The van der Waals surface area contributed by atoms with Gasteiger partial charge in [0.05, 0.1) is 23.3 Å². The van der Waals surface area contributed by atoms with Gasteiger partial charge in [-0.2, -0.15) is 0 Å². The molecule has 2 heterocycles. The number of pyridine rings is 2. The van der Waals surface area contributed by atoms with E-state index in [0.717, 1.165) is 16.7 Å². The summed E-state index contributed by atoms with van der Waals surface area (Å²) in [6, 6.07) is 3.51. The van der Waals surface area contributed by atoms with Crippen LogP contribution in [0.3, 0.4) is 0 Å².